The Balaban J connectivity index is 1.76. The van der Waals surface area contributed by atoms with Gasteiger partial charge in [0, 0.05) is 38.0 Å². The van der Waals surface area contributed by atoms with Gasteiger partial charge in [-0.3, -0.25) is 9.80 Å². The van der Waals surface area contributed by atoms with Crippen molar-refractivity contribution in [1.29, 1.82) is 0 Å². The molecule has 130 valence electrons. The fraction of sp³-hybridized carbons (Fsp3) is 1.00. The van der Waals surface area contributed by atoms with Crippen LogP contribution in [0.15, 0.2) is 0 Å². The Morgan fingerprint density at radius 1 is 1.09 bits per heavy atom. The van der Waals surface area contributed by atoms with E-state index in [1.165, 1.54) is 25.0 Å². The van der Waals surface area contributed by atoms with Gasteiger partial charge in [-0.1, -0.05) is 13.3 Å². The molecule has 2 aliphatic heterocycles. The molecule has 4 nitrogen and oxygen atoms in total. The van der Waals surface area contributed by atoms with E-state index in [-0.39, 0.29) is 18.3 Å². The Labute approximate surface area is 140 Å². The third-order valence-electron chi connectivity index (χ3n) is 4.55. The van der Waals surface area contributed by atoms with Crippen LogP contribution in [0.1, 0.15) is 40.0 Å². The van der Waals surface area contributed by atoms with Crippen molar-refractivity contribution in [3.05, 3.63) is 0 Å². The predicted molar refractivity (Wildman–Crippen MR) is 94.7 cm³/mol. The van der Waals surface area contributed by atoms with Gasteiger partial charge in [-0.15, -0.1) is 0 Å². The minimum atomic E-state index is -0.247. The third-order valence-corrected chi connectivity index (χ3v) is 5.74. The Kier molecular flexibility index (Phi) is 7.98. The number of rotatable bonds is 6. The van der Waals surface area contributed by atoms with Gasteiger partial charge in [0.25, 0.3) is 0 Å². The second kappa shape index (κ2) is 9.48. The van der Waals surface area contributed by atoms with Crippen LogP contribution in [0.3, 0.4) is 0 Å². The average molecular weight is 331 g/mol. The van der Waals surface area contributed by atoms with E-state index >= 15 is 0 Å². The summed E-state index contributed by atoms with van der Waals surface area (Å²) in [5.74, 6) is 1.20. The van der Waals surface area contributed by atoms with Crippen LogP contribution in [0.25, 0.3) is 0 Å². The average Bonchev–Trinajstić information content (AvgIpc) is 2.63. The van der Waals surface area contributed by atoms with Crippen molar-refractivity contribution >= 4 is 11.8 Å². The molecule has 0 bridgehead atoms. The Bertz CT molecular complexity index is 309. The standard InChI is InChI=1S/C17H34N2O2S/c1-4-22-17-7-5-6-8-18(13-17)11-16(20)12-19-9-14(2)21-15(3)10-19/h14-17,20H,4-13H2,1-3H3. The van der Waals surface area contributed by atoms with Gasteiger partial charge in [-0.25, -0.2) is 0 Å². The lowest BCUT2D eigenvalue weighted by Gasteiger charge is -2.37. The van der Waals surface area contributed by atoms with Crippen molar-refractivity contribution in [2.24, 2.45) is 0 Å². The summed E-state index contributed by atoms with van der Waals surface area (Å²) < 4.78 is 5.77. The minimum Gasteiger partial charge on any atom is -0.390 e. The van der Waals surface area contributed by atoms with Crippen molar-refractivity contribution in [2.75, 3.05) is 45.0 Å². The first-order valence-corrected chi connectivity index (χ1v) is 10.0. The second-order valence-electron chi connectivity index (χ2n) is 6.96. The molecule has 0 radical (unpaired) electrons. The topological polar surface area (TPSA) is 35.9 Å². The zero-order valence-corrected chi connectivity index (χ0v) is 15.4. The van der Waals surface area contributed by atoms with E-state index in [4.69, 9.17) is 4.74 Å². The molecular formula is C17H34N2O2S. The molecule has 2 fully saturated rings. The molecule has 22 heavy (non-hydrogen) atoms. The zero-order chi connectivity index (χ0) is 15.9. The van der Waals surface area contributed by atoms with E-state index in [0.29, 0.717) is 0 Å². The van der Waals surface area contributed by atoms with Gasteiger partial charge in [0.1, 0.15) is 0 Å². The highest BCUT2D eigenvalue weighted by Crippen LogP contribution is 2.22. The van der Waals surface area contributed by atoms with E-state index < -0.39 is 0 Å². The normalized spacial score (nSPS) is 33.5. The van der Waals surface area contributed by atoms with E-state index in [1.807, 2.05) is 0 Å². The summed E-state index contributed by atoms with van der Waals surface area (Å²) in [6.07, 6.45) is 4.26. The van der Waals surface area contributed by atoms with Crippen molar-refractivity contribution in [1.82, 2.24) is 9.80 Å². The number of aliphatic hydroxyl groups is 1. The summed E-state index contributed by atoms with van der Waals surface area (Å²) in [7, 11) is 0. The number of β-amino-alcohol motifs (C(OH)–C–C–N with tert-alkyl or cyclic N) is 1. The molecule has 2 aliphatic rings. The van der Waals surface area contributed by atoms with Crippen molar-refractivity contribution in [3.8, 4) is 0 Å². The SMILES string of the molecule is CCSC1CCCCN(CC(O)CN2CC(C)OC(C)C2)C1. The number of ether oxygens (including phenoxy) is 1. The lowest BCUT2D eigenvalue weighted by atomic mass is 10.2. The fourth-order valence-corrected chi connectivity index (χ4v) is 4.92. The van der Waals surface area contributed by atoms with Crippen LogP contribution in [-0.2, 0) is 4.74 Å². The molecule has 2 saturated heterocycles. The molecular weight excluding hydrogens is 296 g/mol. The first kappa shape index (κ1) is 18.5. The second-order valence-corrected chi connectivity index (χ2v) is 8.54. The van der Waals surface area contributed by atoms with Crippen LogP contribution in [0, 0.1) is 0 Å². The van der Waals surface area contributed by atoms with Gasteiger partial charge in [0.05, 0.1) is 18.3 Å². The van der Waals surface area contributed by atoms with E-state index in [0.717, 1.165) is 44.5 Å². The van der Waals surface area contributed by atoms with Gasteiger partial charge in [-0.05, 0) is 39.0 Å². The predicted octanol–water partition coefficient (Wildman–Crippen LogP) is 2.06. The fourth-order valence-electron chi connectivity index (χ4n) is 3.80. The molecule has 0 aromatic heterocycles. The van der Waals surface area contributed by atoms with Crippen LogP contribution in [0.2, 0.25) is 0 Å². The van der Waals surface area contributed by atoms with Crippen molar-refractivity contribution in [3.63, 3.8) is 0 Å². The number of aliphatic hydroxyl groups excluding tert-OH is 1. The number of morpholine rings is 1. The number of hydrogen-bond donors (Lipinski definition) is 1. The molecule has 0 spiro atoms. The molecule has 2 heterocycles. The number of hydrogen-bond acceptors (Lipinski definition) is 5. The summed E-state index contributed by atoms with van der Waals surface area (Å²) in [5, 5.41) is 11.3. The first-order valence-electron chi connectivity index (χ1n) is 8.96. The highest BCUT2D eigenvalue weighted by atomic mass is 32.2. The van der Waals surface area contributed by atoms with Crippen molar-refractivity contribution in [2.45, 2.75) is 63.6 Å². The van der Waals surface area contributed by atoms with Gasteiger partial charge >= 0.3 is 0 Å². The molecule has 2 rings (SSSR count). The highest BCUT2D eigenvalue weighted by molar-refractivity contribution is 7.99. The Morgan fingerprint density at radius 2 is 1.77 bits per heavy atom. The summed E-state index contributed by atoms with van der Waals surface area (Å²) in [4.78, 5) is 4.85. The van der Waals surface area contributed by atoms with E-state index in [1.54, 1.807) is 0 Å². The maximum Gasteiger partial charge on any atom is 0.0793 e. The Hall–Kier alpha value is 0.190. The molecule has 0 saturated carbocycles. The summed E-state index contributed by atoms with van der Waals surface area (Å²) in [5.41, 5.74) is 0. The van der Waals surface area contributed by atoms with Crippen LogP contribution < -0.4 is 0 Å². The van der Waals surface area contributed by atoms with Gasteiger partial charge in [0.2, 0.25) is 0 Å². The molecule has 4 unspecified atom stereocenters. The maximum absolute atomic E-state index is 10.5. The van der Waals surface area contributed by atoms with Crippen molar-refractivity contribution < 1.29 is 9.84 Å². The smallest absolute Gasteiger partial charge is 0.0793 e. The Morgan fingerprint density at radius 3 is 2.45 bits per heavy atom. The third kappa shape index (κ3) is 6.36. The minimum absolute atomic E-state index is 0.247. The van der Waals surface area contributed by atoms with E-state index in [9.17, 15) is 5.11 Å². The summed E-state index contributed by atoms with van der Waals surface area (Å²) in [6, 6.07) is 0. The number of likely N-dealkylation sites (tertiary alicyclic amines) is 1. The zero-order valence-electron chi connectivity index (χ0n) is 14.5. The molecule has 0 aromatic rings. The lowest BCUT2D eigenvalue weighted by Crippen LogP contribution is -2.50. The molecule has 4 atom stereocenters. The van der Waals surface area contributed by atoms with Crippen LogP contribution >= 0.6 is 11.8 Å². The largest absolute Gasteiger partial charge is 0.390 e. The molecule has 0 aliphatic carbocycles. The van der Waals surface area contributed by atoms with Gasteiger partial charge < -0.3 is 9.84 Å². The van der Waals surface area contributed by atoms with Gasteiger partial charge in [-0.2, -0.15) is 11.8 Å². The van der Waals surface area contributed by atoms with Crippen LogP contribution in [0.4, 0.5) is 0 Å². The van der Waals surface area contributed by atoms with E-state index in [2.05, 4.69) is 42.3 Å². The maximum atomic E-state index is 10.5. The van der Waals surface area contributed by atoms with Gasteiger partial charge in [0.15, 0.2) is 0 Å². The molecule has 1 N–H and O–H groups in total. The molecule has 5 heteroatoms. The summed E-state index contributed by atoms with van der Waals surface area (Å²) in [6.45, 7) is 12.3. The highest BCUT2D eigenvalue weighted by Gasteiger charge is 2.25. The lowest BCUT2D eigenvalue weighted by molar-refractivity contribution is -0.0779. The number of thioether (sulfide) groups is 1. The first-order chi connectivity index (χ1) is 10.6. The molecule has 0 amide bonds. The monoisotopic (exact) mass is 330 g/mol. The number of nitrogens with zero attached hydrogens (tertiary/aromatic N) is 2. The quantitative estimate of drug-likeness (QED) is 0.807. The van der Waals surface area contributed by atoms with Crippen LogP contribution in [-0.4, -0.2) is 83.5 Å². The summed E-state index contributed by atoms with van der Waals surface area (Å²) >= 11 is 2.08. The van der Waals surface area contributed by atoms with Crippen LogP contribution in [0.5, 0.6) is 0 Å². The molecule has 0 aromatic carbocycles.